The Kier molecular flexibility index (Phi) is 3.84. The first-order valence-corrected chi connectivity index (χ1v) is 7.63. The van der Waals surface area contributed by atoms with Gasteiger partial charge in [0.2, 0.25) is 5.91 Å². The predicted molar refractivity (Wildman–Crippen MR) is 66.4 cm³/mol. The van der Waals surface area contributed by atoms with Gasteiger partial charge < -0.3 is 5.32 Å². The molecule has 2 rings (SSSR count). The van der Waals surface area contributed by atoms with Gasteiger partial charge in [-0.05, 0) is 24.5 Å². The molecule has 19 heavy (non-hydrogen) atoms. The highest BCUT2D eigenvalue weighted by atomic mass is 32.2. The van der Waals surface area contributed by atoms with Gasteiger partial charge in [-0.2, -0.15) is 0 Å². The Hall–Kier alpha value is -1.50. The first kappa shape index (κ1) is 13.9. The maximum atomic E-state index is 12.9. The lowest BCUT2D eigenvalue weighted by atomic mass is 10.1. The van der Waals surface area contributed by atoms with Gasteiger partial charge >= 0.3 is 0 Å². The molecule has 1 heterocycles. The maximum absolute atomic E-state index is 12.9. The summed E-state index contributed by atoms with van der Waals surface area (Å²) in [6, 6.07) is 3.06. The van der Waals surface area contributed by atoms with Gasteiger partial charge in [0.1, 0.15) is 0 Å². The molecule has 104 valence electrons. The zero-order valence-corrected chi connectivity index (χ0v) is 10.8. The number of nitrogens with one attached hydrogen (secondary N) is 1. The van der Waals surface area contributed by atoms with E-state index in [2.05, 4.69) is 5.32 Å². The molecule has 1 amide bonds. The summed E-state index contributed by atoms with van der Waals surface area (Å²) in [5.74, 6) is -2.50. The number of rotatable bonds is 3. The molecule has 0 radical (unpaired) electrons. The fourth-order valence-corrected chi connectivity index (χ4v) is 3.94. The van der Waals surface area contributed by atoms with Crippen LogP contribution in [0.3, 0.4) is 0 Å². The number of halogens is 2. The number of benzene rings is 1. The van der Waals surface area contributed by atoms with Crippen molar-refractivity contribution in [3.63, 3.8) is 0 Å². The molecule has 1 atom stereocenters. The molecule has 1 aromatic rings. The zero-order valence-electron chi connectivity index (χ0n) is 10.0. The Morgan fingerprint density at radius 3 is 2.63 bits per heavy atom. The summed E-state index contributed by atoms with van der Waals surface area (Å²) in [6.07, 6.45) is 0.533. The smallest absolute Gasteiger partial charge is 0.224 e. The van der Waals surface area contributed by atoms with E-state index in [4.69, 9.17) is 0 Å². The molecule has 1 N–H and O–H groups in total. The minimum atomic E-state index is -3.02. The van der Waals surface area contributed by atoms with Crippen molar-refractivity contribution < 1.29 is 22.0 Å². The minimum Gasteiger partial charge on any atom is -0.326 e. The quantitative estimate of drug-likeness (QED) is 0.921. The first-order valence-electron chi connectivity index (χ1n) is 5.81. The third-order valence-corrected chi connectivity index (χ3v) is 4.84. The van der Waals surface area contributed by atoms with Crippen molar-refractivity contribution >= 4 is 21.4 Å². The van der Waals surface area contributed by atoms with Crippen molar-refractivity contribution in [1.82, 2.24) is 0 Å². The normalized spacial score (nSPS) is 21.3. The molecule has 0 spiro atoms. The topological polar surface area (TPSA) is 63.2 Å². The van der Waals surface area contributed by atoms with Crippen LogP contribution in [0.4, 0.5) is 14.5 Å². The minimum absolute atomic E-state index is 0.0121. The fraction of sp³-hybridized carbons (Fsp3) is 0.417. The van der Waals surface area contributed by atoms with Gasteiger partial charge in [-0.1, -0.05) is 0 Å². The van der Waals surface area contributed by atoms with Gasteiger partial charge in [0, 0.05) is 18.2 Å². The number of sulfone groups is 1. The van der Waals surface area contributed by atoms with Crippen molar-refractivity contribution in [2.24, 2.45) is 5.92 Å². The average molecular weight is 289 g/mol. The van der Waals surface area contributed by atoms with Crippen molar-refractivity contribution in [3.8, 4) is 0 Å². The van der Waals surface area contributed by atoms with Crippen LogP contribution >= 0.6 is 0 Å². The Morgan fingerprint density at radius 2 is 2.05 bits per heavy atom. The SMILES string of the molecule is O=C(C[C@H]1CCS(=O)(=O)C1)Nc1ccc(F)c(F)c1. The molecule has 0 saturated carbocycles. The van der Waals surface area contributed by atoms with Crippen LogP contribution in [-0.2, 0) is 14.6 Å². The van der Waals surface area contributed by atoms with E-state index in [1.807, 2.05) is 0 Å². The second-order valence-electron chi connectivity index (χ2n) is 4.65. The van der Waals surface area contributed by atoms with Crippen molar-refractivity contribution in [3.05, 3.63) is 29.8 Å². The molecule has 4 nitrogen and oxygen atoms in total. The Labute approximate surface area is 109 Å². The molecular formula is C12H13F2NO3S. The lowest BCUT2D eigenvalue weighted by Gasteiger charge is -2.08. The molecule has 1 aliphatic heterocycles. The second-order valence-corrected chi connectivity index (χ2v) is 6.88. The molecule has 1 fully saturated rings. The number of amides is 1. The summed E-state index contributed by atoms with van der Waals surface area (Å²) in [5.41, 5.74) is 0.157. The number of carbonyl (C=O) groups is 1. The lowest BCUT2D eigenvalue weighted by molar-refractivity contribution is -0.116. The van der Waals surface area contributed by atoms with Crippen LogP contribution in [0.15, 0.2) is 18.2 Å². The summed E-state index contributed by atoms with van der Waals surface area (Å²) in [6.45, 7) is 0. The van der Waals surface area contributed by atoms with Gasteiger partial charge in [-0.3, -0.25) is 4.79 Å². The van der Waals surface area contributed by atoms with Gasteiger partial charge in [0.25, 0.3) is 0 Å². The van der Waals surface area contributed by atoms with Crippen LogP contribution in [0.1, 0.15) is 12.8 Å². The highest BCUT2D eigenvalue weighted by Crippen LogP contribution is 2.22. The standard InChI is InChI=1S/C12H13F2NO3S/c13-10-2-1-9(6-11(10)14)15-12(16)5-8-3-4-19(17,18)7-8/h1-2,6,8H,3-5,7H2,(H,15,16)/t8-/m1/s1. The van der Waals surface area contributed by atoms with Crippen molar-refractivity contribution in [2.45, 2.75) is 12.8 Å². The predicted octanol–water partition coefficient (Wildman–Crippen LogP) is 1.73. The monoisotopic (exact) mass is 289 g/mol. The molecule has 1 saturated heterocycles. The zero-order chi connectivity index (χ0) is 14.0. The molecule has 0 aliphatic carbocycles. The summed E-state index contributed by atoms with van der Waals surface area (Å²) >= 11 is 0. The highest BCUT2D eigenvalue weighted by Gasteiger charge is 2.29. The maximum Gasteiger partial charge on any atom is 0.224 e. The van der Waals surface area contributed by atoms with Crippen LogP contribution in [0.2, 0.25) is 0 Å². The largest absolute Gasteiger partial charge is 0.326 e. The molecule has 0 bridgehead atoms. The number of hydrogen-bond acceptors (Lipinski definition) is 3. The van der Waals surface area contributed by atoms with E-state index < -0.39 is 27.4 Å². The fourth-order valence-electron chi connectivity index (χ4n) is 2.08. The molecule has 7 heteroatoms. The summed E-state index contributed by atoms with van der Waals surface area (Å²) < 4.78 is 48.1. The second kappa shape index (κ2) is 5.24. The summed E-state index contributed by atoms with van der Waals surface area (Å²) in [5, 5.41) is 2.42. The summed E-state index contributed by atoms with van der Waals surface area (Å²) in [4.78, 5) is 11.7. The average Bonchev–Trinajstić information content (AvgIpc) is 2.63. The third kappa shape index (κ3) is 3.73. The Bertz CT molecular complexity index is 601. The van der Waals surface area contributed by atoms with E-state index in [0.29, 0.717) is 6.42 Å². The van der Waals surface area contributed by atoms with E-state index >= 15 is 0 Å². The van der Waals surface area contributed by atoms with Gasteiger partial charge in [-0.25, -0.2) is 17.2 Å². The highest BCUT2D eigenvalue weighted by molar-refractivity contribution is 7.91. The molecule has 1 aliphatic rings. The summed E-state index contributed by atoms with van der Waals surface area (Å²) in [7, 11) is -3.02. The van der Waals surface area contributed by atoms with Gasteiger partial charge in [0.15, 0.2) is 21.5 Å². The van der Waals surface area contributed by atoms with Crippen LogP contribution in [-0.4, -0.2) is 25.8 Å². The van der Waals surface area contributed by atoms with E-state index in [1.54, 1.807) is 0 Å². The molecule has 0 aromatic heterocycles. The van der Waals surface area contributed by atoms with E-state index in [9.17, 15) is 22.0 Å². The number of anilines is 1. The number of hydrogen-bond donors (Lipinski definition) is 1. The van der Waals surface area contributed by atoms with Crippen molar-refractivity contribution in [2.75, 3.05) is 16.8 Å². The van der Waals surface area contributed by atoms with Gasteiger partial charge in [-0.15, -0.1) is 0 Å². The van der Waals surface area contributed by atoms with Crippen LogP contribution in [0.25, 0.3) is 0 Å². The van der Waals surface area contributed by atoms with Crippen LogP contribution < -0.4 is 5.32 Å². The Balaban J connectivity index is 1.93. The first-order chi connectivity index (χ1) is 8.85. The molecule has 1 aromatic carbocycles. The van der Waals surface area contributed by atoms with Crippen LogP contribution in [0.5, 0.6) is 0 Å². The Morgan fingerprint density at radius 1 is 1.32 bits per heavy atom. The van der Waals surface area contributed by atoms with E-state index in [-0.39, 0.29) is 29.5 Å². The molecule has 0 unspecified atom stereocenters. The van der Waals surface area contributed by atoms with Crippen molar-refractivity contribution in [1.29, 1.82) is 0 Å². The van der Waals surface area contributed by atoms with E-state index in [0.717, 1.165) is 12.1 Å². The van der Waals surface area contributed by atoms with E-state index in [1.165, 1.54) is 6.07 Å². The van der Waals surface area contributed by atoms with Crippen LogP contribution in [0, 0.1) is 17.6 Å². The lowest BCUT2D eigenvalue weighted by Crippen LogP contribution is -2.17. The third-order valence-electron chi connectivity index (χ3n) is 3.00. The molecular weight excluding hydrogens is 276 g/mol. The van der Waals surface area contributed by atoms with Gasteiger partial charge in [0.05, 0.1) is 11.5 Å². The number of carbonyl (C=O) groups excluding carboxylic acids is 1.